The standard InChI is InChI=1S/C40H56N4O5Si2/c1-38(2,3)50(8,9)47-27-34-33(49-51(10,11)39(4,5)6)26-35(48-34)44-28-41-36(42-37(44)45)43-40(29-18-14-12-15-19-29,30-20-16-13-17-21-30)31-22-24-32(46-7)25-23-31/h12-25,28,33-35H,26-27H2,1-11H3,(H,42,43,45)/t33-,34+,35+/m0/s1. The Hall–Kier alpha value is -3.62. The quantitative estimate of drug-likeness (QED) is 0.114. The van der Waals surface area contributed by atoms with E-state index in [1.807, 2.05) is 60.7 Å². The zero-order valence-corrected chi connectivity index (χ0v) is 34.2. The summed E-state index contributed by atoms with van der Waals surface area (Å²) in [6.07, 6.45) is 0.880. The van der Waals surface area contributed by atoms with Gasteiger partial charge in [0, 0.05) is 6.42 Å². The average molecular weight is 729 g/mol. The first kappa shape index (κ1) is 38.6. The summed E-state index contributed by atoms with van der Waals surface area (Å²) in [5.74, 6) is 0.942. The number of aromatic nitrogens is 3. The van der Waals surface area contributed by atoms with E-state index in [0.717, 1.165) is 22.4 Å². The number of rotatable bonds is 12. The number of nitrogens with one attached hydrogen (secondary N) is 1. The van der Waals surface area contributed by atoms with Crippen molar-refractivity contribution in [2.75, 3.05) is 19.0 Å². The van der Waals surface area contributed by atoms with Gasteiger partial charge in [-0.05, 0) is 65.1 Å². The molecule has 51 heavy (non-hydrogen) atoms. The van der Waals surface area contributed by atoms with Crippen LogP contribution in [0.3, 0.4) is 0 Å². The minimum atomic E-state index is -2.17. The lowest BCUT2D eigenvalue weighted by Crippen LogP contribution is -2.48. The predicted octanol–water partition coefficient (Wildman–Crippen LogP) is 8.75. The van der Waals surface area contributed by atoms with Gasteiger partial charge in [-0.25, -0.2) is 9.78 Å². The van der Waals surface area contributed by atoms with E-state index < -0.39 is 34.1 Å². The fraction of sp³-hybridized carbons (Fsp3) is 0.475. The molecule has 5 rings (SSSR count). The van der Waals surface area contributed by atoms with Gasteiger partial charge in [0.05, 0.1) is 19.8 Å². The fourth-order valence-corrected chi connectivity index (χ4v) is 8.28. The first-order chi connectivity index (χ1) is 23.9. The largest absolute Gasteiger partial charge is 0.497 e. The molecule has 0 bridgehead atoms. The van der Waals surface area contributed by atoms with Gasteiger partial charge in [-0.2, -0.15) is 4.98 Å². The molecule has 2 heterocycles. The second kappa shape index (κ2) is 14.8. The monoisotopic (exact) mass is 728 g/mol. The second-order valence-corrected chi connectivity index (χ2v) is 26.1. The van der Waals surface area contributed by atoms with Crippen LogP contribution < -0.4 is 15.7 Å². The zero-order chi connectivity index (χ0) is 37.2. The summed E-state index contributed by atoms with van der Waals surface area (Å²) in [5, 5.41) is 3.66. The van der Waals surface area contributed by atoms with Crippen LogP contribution in [0.1, 0.15) is 70.9 Å². The molecule has 1 saturated heterocycles. The van der Waals surface area contributed by atoms with Crippen molar-refractivity contribution in [2.24, 2.45) is 0 Å². The summed E-state index contributed by atoms with van der Waals surface area (Å²) in [6.45, 7) is 22.8. The number of hydrogen-bond donors (Lipinski definition) is 1. The van der Waals surface area contributed by atoms with E-state index in [1.54, 1.807) is 7.11 Å². The smallest absolute Gasteiger partial charge is 0.354 e. The van der Waals surface area contributed by atoms with E-state index in [1.165, 1.54) is 10.9 Å². The van der Waals surface area contributed by atoms with Gasteiger partial charge < -0.3 is 23.6 Å². The summed E-state index contributed by atoms with van der Waals surface area (Å²) >= 11 is 0. The van der Waals surface area contributed by atoms with E-state index in [0.29, 0.717) is 13.0 Å². The topological polar surface area (TPSA) is 96.7 Å². The van der Waals surface area contributed by atoms with Gasteiger partial charge in [0.15, 0.2) is 16.6 Å². The molecule has 0 radical (unpaired) electrons. The summed E-state index contributed by atoms with van der Waals surface area (Å²) in [4.78, 5) is 23.2. The van der Waals surface area contributed by atoms with E-state index in [9.17, 15) is 4.79 Å². The lowest BCUT2D eigenvalue weighted by Gasteiger charge is -2.40. The third kappa shape index (κ3) is 8.23. The van der Waals surface area contributed by atoms with Gasteiger partial charge in [-0.3, -0.25) is 4.57 Å². The Balaban J connectivity index is 1.50. The Morgan fingerprint density at radius 2 is 1.33 bits per heavy atom. The third-order valence-electron chi connectivity index (χ3n) is 11.1. The molecule has 1 aliphatic rings. The Bertz CT molecular complexity index is 1760. The highest BCUT2D eigenvalue weighted by molar-refractivity contribution is 6.74. The molecule has 1 aliphatic heterocycles. The summed E-state index contributed by atoms with van der Waals surface area (Å²) < 4.78 is 27.2. The van der Waals surface area contributed by atoms with Crippen molar-refractivity contribution in [1.82, 2.24) is 14.5 Å². The number of methoxy groups -OCH3 is 1. The highest BCUT2D eigenvalue weighted by Gasteiger charge is 2.47. The molecule has 1 N–H and O–H groups in total. The summed E-state index contributed by atoms with van der Waals surface area (Å²) in [7, 11) is -2.58. The molecule has 3 aromatic carbocycles. The van der Waals surface area contributed by atoms with Crippen molar-refractivity contribution in [2.45, 2.75) is 108 Å². The molecule has 274 valence electrons. The van der Waals surface area contributed by atoms with Crippen molar-refractivity contribution in [3.63, 3.8) is 0 Å². The Kier molecular flexibility index (Phi) is 11.2. The molecule has 0 amide bonds. The Labute approximate surface area is 306 Å². The number of benzene rings is 3. The number of ether oxygens (including phenoxy) is 2. The second-order valence-electron chi connectivity index (χ2n) is 16.6. The molecular formula is C40H56N4O5Si2. The van der Waals surface area contributed by atoms with Crippen LogP contribution in [0.2, 0.25) is 36.3 Å². The highest BCUT2D eigenvalue weighted by atomic mass is 28.4. The zero-order valence-electron chi connectivity index (χ0n) is 32.2. The molecule has 0 spiro atoms. The molecule has 3 atom stereocenters. The fourth-order valence-electron chi connectivity index (χ4n) is 5.91. The maximum atomic E-state index is 13.9. The molecule has 11 heteroatoms. The van der Waals surface area contributed by atoms with Gasteiger partial charge >= 0.3 is 5.69 Å². The minimum Gasteiger partial charge on any atom is -0.497 e. The first-order valence-corrected chi connectivity index (χ1v) is 23.7. The van der Waals surface area contributed by atoms with Gasteiger partial charge in [0.1, 0.15) is 29.9 Å². The Morgan fingerprint density at radius 3 is 1.82 bits per heavy atom. The van der Waals surface area contributed by atoms with Crippen molar-refractivity contribution in [3.05, 3.63) is 118 Å². The maximum Gasteiger partial charge on any atom is 0.354 e. The van der Waals surface area contributed by atoms with Crippen LogP contribution in [0.25, 0.3) is 0 Å². The highest BCUT2D eigenvalue weighted by Crippen LogP contribution is 2.43. The van der Waals surface area contributed by atoms with Crippen LogP contribution in [0, 0.1) is 0 Å². The first-order valence-electron chi connectivity index (χ1n) is 17.8. The summed E-state index contributed by atoms with van der Waals surface area (Å²) in [5.41, 5.74) is 1.47. The van der Waals surface area contributed by atoms with Gasteiger partial charge in [-0.1, -0.05) is 114 Å². The van der Waals surface area contributed by atoms with Crippen LogP contribution in [-0.4, -0.2) is 57.1 Å². The SMILES string of the molecule is COc1ccc(C(Nc2ncn([C@H]3C[C@H](O[Si](C)(C)C(C)(C)C)[C@@H](CO[Si](C)(C)C(C)(C)C)O3)c(=O)n2)(c2ccccc2)c2ccccc2)cc1. The number of nitrogens with zero attached hydrogens (tertiary/aromatic N) is 3. The molecule has 9 nitrogen and oxygen atoms in total. The van der Waals surface area contributed by atoms with E-state index in [4.69, 9.17) is 23.3 Å². The maximum absolute atomic E-state index is 13.9. The van der Waals surface area contributed by atoms with Crippen molar-refractivity contribution in [1.29, 1.82) is 0 Å². The molecule has 0 saturated carbocycles. The molecular weight excluding hydrogens is 673 g/mol. The number of hydrogen-bond acceptors (Lipinski definition) is 8. The molecule has 1 aromatic heterocycles. The van der Waals surface area contributed by atoms with Crippen LogP contribution in [0.4, 0.5) is 5.95 Å². The molecule has 0 aliphatic carbocycles. The van der Waals surface area contributed by atoms with Gasteiger partial charge in [0.2, 0.25) is 5.95 Å². The molecule has 4 aromatic rings. The van der Waals surface area contributed by atoms with Crippen LogP contribution >= 0.6 is 0 Å². The number of anilines is 1. The predicted molar refractivity (Wildman–Crippen MR) is 209 cm³/mol. The van der Waals surface area contributed by atoms with Crippen LogP contribution in [-0.2, 0) is 19.1 Å². The average Bonchev–Trinajstić information content (AvgIpc) is 3.47. The van der Waals surface area contributed by atoms with Crippen molar-refractivity contribution in [3.8, 4) is 5.75 Å². The van der Waals surface area contributed by atoms with E-state index in [2.05, 4.69) is 102 Å². The third-order valence-corrected chi connectivity index (χ3v) is 20.1. The van der Waals surface area contributed by atoms with E-state index >= 15 is 0 Å². The lowest BCUT2D eigenvalue weighted by atomic mass is 9.77. The Morgan fingerprint density at radius 1 is 0.804 bits per heavy atom. The minimum absolute atomic E-state index is 0.0110. The van der Waals surface area contributed by atoms with E-state index in [-0.39, 0.29) is 28.2 Å². The summed E-state index contributed by atoms with van der Waals surface area (Å²) in [6, 6.07) is 28.1. The van der Waals surface area contributed by atoms with Crippen LogP contribution in [0.15, 0.2) is 96.1 Å². The van der Waals surface area contributed by atoms with Gasteiger partial charge in [0.25, 0.3) is 0 Å². The molecule has 0 unspecified atom stereocenters. The van der Waals surface area contributed by atoms with Crippen LogP contribution in [0.5, 0.6) is 5.75 Å². The molecule has 1 fully saturated rings. The lowest BCUT2D eigenvalue weighted by molar-refractivity contribution is -0.0415. The van der Waals surface area contributed by atoms with Crippen molar-refractivity contribution < 1.29 is 18.3 Å². The normalized spacial score (nSPS) is 18.8. The van der Waals surface area contributed by atoms with Gasteiger partial charge in [-0.15, -0.1) is 0 Å². The van der Waals surface area contributed by atoms with Crippen molar-refractivity contribution >= 4 is 22.6 Å².